The third-order valence-corrected chi connectivity index (χ3v) is 4.24. The van der Waals surface area contributed by atoms with E-state index in [0.717, 1.165) is 5.69 Å². The number of hydrogen-bond donors (Lipinski definition) is 0. The molecule has 1 aliphatic rings. The van der Waals surface area contributed by atoms with E-state index in [9.17, 15) is 0 Å². The molecule has 0 atom stereocenters. The van der Waals surface area contributed by atoms with Gasteiger partial charge >= 0.3 is 0 Å². The molecule has 0 radical (unpaired) electrons. The Balaban J connectivity index is 2.19. The van der Waals surface area contributed by atoms with Crippen LogP contribution in [-0.2, 0) is 0 Å². The second kappa shape index (κ2) is 5.29. The first-order valence-corrected chi connectivity index (χ1v) is 6.62. The molecular formula is C13H17Cl2N. The minimum atomic E-state index is 0.615. The quantitative estimate of drug-likeness (QED) is 0.739. The van der Waals surface area contributed by atoms with Crippen LogP contribution in [0.5, 0.6) is 0 Å². The second-order valence-electron chi connectivity index (χ2n) is 4.48. The lowest BCUT2D eigenvalue weighted by atomic mass is 9.94. The summed E-state index contributed by atoms with van der Waals surface area (Å²) in [5.74, 6) is 0. The molecule has 0 N–H and O–H groups in total. The maximum Gasteiger partial charge on any atom is 0.0825 e. The van der Waals surface area contributed by atoms with Crippen molar-refractivity contribution >= 4 is 28.9 Å². The maximum absolute atomic E-state index is 6.23. The van der Waals surface area contributed by atoms with E-state index in [0.29, 0.717) is 16.1 Å². The first-order chi connectivity index (χ1) is 7.70. The Bertz CT molecular complexity index is 359. The Morgan fingerprint density at radius 1 is 1.12 bits per heavy atom. The molecule has 1 aliphatic carbocycles. The number of anilines is 1. The van der Waals surface area contributed by atoms with Crippen molar-refractivity contribution in [2.45, 2.75) is 38.1 Å². The second-order valence-corrected chi connectivity index (χ2v) is 5.26. The van der Waals surface area contributed by atoms with Crippen molar-refractivity contribution in [2.24, 2.45) is 0 Å². The van der Waals surface area contributed by atoms with E-state index in [1.54, 1.807) is 0 Å². The van der Waals surface area contributed by atoms with Crippen LogP contribution in [0.3, 0.4) is 0 Å². The summed E-state index contributed by atoms with van der Waals surface area (Å²) in [6.45, 7) is 0. The molecule has 1 fully saturated rings. The average Bonchev–Trinajstić information content (AvgIpc) is 2.33. The minimum absolute atomic E-state index is 0.615. The monoisotopic (exact) mass is 257 g/mol. The van der Waals surface area contributed by atoms with Gasteiger partial charge in [0, 0.05) is 13.1 Å². The Hall–Kier alpha value is -0.400. The van der Waals surface area contributed by atoms with E-state index in [1.165, 1.54) is 32.1 Å². The zero-order valence-electron chi connectivity index (χ0n) is 9.55. The summed E-state index contributed by atoms with van der Waals surface area (Å²) < 4.78 is 0. The van der Waals surface area contributed by atoms with Gasteiger partial charge in [-0.15, -0.1) is 0 Å². The summed E-state index contributed by atoms with van der Waals surface area (Å²) in [6, 6.07) is 6.46. The third kappa shape index (κ3) is 2.46. The van der Waals surface area contributed by atoms with Crippen molar-refractivity contribution in [3.05, 3.63) is 28.2 Å². The van der Waals surface area contributed by atoms with Gasteiger partial charge in [0.2, 0.25) is 0 Å². The van der Waals surface area contributed by atoms with Crippen LogP contribution in [-0.4, -0.2) is 13.1 Å². The van der Waals surface area contributed by atoms with E-state index in [4.69, 9.17) is 23.2 Å². The number of nitrogens with zero attached hydrogens (tertiary/aromatic N) is 1. The molecule has 0 spiro atoms. The molecule has 0 aliphatic heterocycles. The first kappa shape index (κ1) is 12.1. The van der Waals surface area contributed by atoms with E-state index in [1.807, 2.05) is 18.2 Å². The van der Waals surface area contributed by atoms with Crippen molar-refractivity contribution in [1.29, 1.82) is 0 Å². The zero-order chi connectivity index (χ0) is 11.5. The van der Waals surface area contributed by atoms with E-state index < -0.39 is 0 Å². The molecule has 88 valence electrons. The number of halogens is 2. The Kier molecular flexibility index (Phi) is 3.99. The standard InChI is InChI=1S/C13H17Cl2N/c1-16(10-6-3-2-4-7-10)12-9-5-8-11(14)13(12)15/h5,8-10H,2-4,6-7H2,1H3. The fourth-order valence-corrected chi connectivity index (χ4v) is 2.86. The van der Waals surface area contributed by atoms with Crippen LogP contribution in [0.2, 0.25) is 10.0 Å². The van der Waals surface area contributed by atoms with Gasteiger partial charge in [0.25, 0.3) is 0 Å². The summed E-state index contributed by atoms with van der Waals surface area (Å²) in [5, 5.41) is 1.32. The zero-order valence-corrected chi connectivity index (χ0v) is 11.1. The molecule has 0 amide bonds. The van der Waals surface area contributed by atoms with Crippen LogP contribution >= 0.6 is 23.2 Å². The number of rotatable bonds is 2. The number of hydrogen-bond acceptors (Lipinski definition) is 1. The SMILES string of the molecule is CN(c1cccc(Cl)c1Cl)C1CCCCC1. The van der Waals surface area contributed by atoms with Crippen LogP contribution < -0.4 is 4.90 Å². The van der Waals surface area contributed by atoms with Crippen LogP contribution in [0, 0.1) is 0 Å². The summed E-state index contributed by atoms with van der Waals surface area (Å²) in [7, 11) is 2.12. The van der Waals surface area contributed by atoms with Crippen molar-refractivity contribution in [3.63, 3.8) is 0 Å². The highest BCUT2D eigenvalue weighted by molar-refractivity contribution is 6.43. The fourth-order valence-electron chi connectivity index (χ4n) is 2.43. The molecule has 16 heavy (non-hydrogen) atoms. The molecule has 3 heteroatoms. The Morgan fingerprint density at radius 3 is 2.50 bits per heavy atom. The van der Waals surface area contributed by atoms with Gasteiger partial charge in [-0.2, -0.15) is 0 Å². The Labute approximate surface area is 107 Å². The van der Waals surface area contributed by atoms with Crippen molar-refractivity contribution < 1.29 is 0 Å². The highest BCUT2D eigenvalue weighted by Crippen LogP contribution is 2.35. The summed E-state index contributed by atoms with van der Waals surface area (Å²) >= 11 is 12.3. The minimum Gasteiger partial charge on any atom is -0.370 e. The fraction of sp³-hybridized carbons (Fsp3) is 0.538. The molecule has 0 aromatic heterocycles. The average molecular weight is 258 g/mol. The smallest absolute Gasteiger partial charge is 0.0825 e. The van der Waals surface area contributed by atoms with Crippen LogP contribution in [0.15, 0.2) is 18.2 Å². The third-order valence-electron chi connectivity index (χ3n) is 3.43. The molecule has 2 rings (SSSR count). The Morgan fingerprint density at radius 2 is 1.81 bits per heavy atom. The van der Waals surface area contributed by atoms with Gasteiger partial charge in [0.15, 0.2) is 0 Å². The van der Waals surface area contributed by atoms with Crippen molar-refractivity contribution in [2.75, 3.05) is 11.9 Å². The molecule has 1 aromatic rings. The predicted molar refractivity (Wildman–Crippen MR) is 71.7 cm³/mol. The molecule has 1 nitrogen and oxygen atoms in total. The van der Waals surface area contributed by atoms with Crippen LogP contribution in [0.25, 0.3) is 0 Å². The largest absolute Gasteiger partial charge is 0.370 e. The van der Waals surface area contributed by atoms with E-state index in [2.05, 4.69) is 11.9 Å². The van der Waals surface area contributed by atoms with Gasteiger partial charge in [-0.1, -0.05) is 48.5 Å². The topological polar surface area (TPSA) is 3.24 Å². The van der Waals surface area contributed by atoms with Crippen molar-refractivity contribution in [1.82, 2.24) is 0 Å². The highest BCUT2D eigenvalue weighted by Gasteiger charge is 2.20. The molecule has 0 bridgehead atoms. The maximum atomic E-state index is 6.23. The van der Waals surface area contributed by atoms with Gasteiger partial charge < -0.3 is 4.90 Å². The van der Waals surface area contributed by atoms with Crippen molar-refractivity contribution in [3.8, 4) is 0 Å². The molecule has 0 unspecified atom stereocenters. The van der Waals surface area contributed by atoms with Gasteiger partial charge in [-0.3, -0.25) is 0 Å². The lowest BCUT2D eigenvalue weighted by Gasteiger charge is -2.33. The van der Waals surface area contributed by atoms with E-state index in [-0.39, 0.29) is 0 Å². The summed E-state index contributed by atoms with van der Waals surface area (Å²) in [6.07, 6.45) is 6.55. The molecule has 0 saturated heterocycles. The van der Waals surface area contributed by atoms with Gasteiger partial charge in [0.05, 0.1) is 15.7 Å². The normalized spacial score (nSPS) is 17.4. The first-order valence-electron chi connectivity index (χ1n) is 5.87. The lowest BCUT2D eigenvalue weighted by molar-refractivity contribution is 0.427. The van der Waals surface area contributed by atoms with Crippen LogP contribution in [0.4, 0.5) is 5.69 Å². The number of benzene rings is 1. The highest BCUT2D eigenvalue weighted by atomic mass is 35.5. The molecular weight excluding hydrogens is 241 g/mol. The van der Waals surface area contributed by atoms with Crippen LogP contribution in [0.1, 0.15) is 32.1 Å². The summed E-state index contributed by atoms with van der Waals surface area (Å²) in [4.78, 5) is 2.29. The molecule has 1 saturated carbocycles. The lowest BCUT2D eigenvalue weighted by Crippen LogP contribution is -2.33. The van der Waals surface area contributed by atoms with Gasteiger partial charge in [0.1, 0.15) is 0 Å². The summed E-state index contributed by atoms with van der Waals surface area (Å²) in [5.41, 5.74) is 1.06. The molecule has 0 heterocycles. The predicted octanol–water partition coefficient (Wildman–Crippen LogP) is 4.76. The molecule has 1 aromatic carbocycles. The van der Waals surface area contributed by atoms with E-state index >= 15 is 0 Å². The van der Waals surface area contributed by atoms with Gasteiger partial charge in [-0.05, 0) is 25.0 Å². The van der Waals surface area contributed by atoms with Gasteiger partial charge in [-0.25, -0.2) is 0 Å².